The summed E-state index contributed by atoms with van der Waals surface area (Å²) in [6, 6.07) is 7.52. The van der Waals surface area contributed by atoms with Crippen molar-refractivity contribution in [1.29, 1.82) is 0 Å². The minimum absolute atomic E-state index is 0.184. The van der Waals surface area contributed by atoms with E-state index < -0.39 is 6.10 Å². The first kappa shape index (κ1) is 17.6. The van der Waals surface area contributed by atoms with E-state index in [1.165, 1.54) is 7.11 Å². The molecule has 0 aliphatic carbocycles. The second-order valence-electron chi connectivity index (χ2n) is 6.67. The summed E-state index contributed by atoms with van der Waals surface area (Å²) >= 11 is 0. The Kier molecular flexibility index (Phi) is 5.50. The number of hydrogen-bond donors (Lipinski definition) is 1. The zero-order valence-corrected chi connectivity index (χ0v) is 14.8. The fourth-order valence-electron chi connectivity index (χ4n) is 3.49. The first-order chi connectivity index (χ1) is 12.1. The molecule has 2 aromatic rings. The summed E-state index contributed by atoms with van der Waals surface area (Å²) in [4.78, 5) is 18.1. The van der Waals surface area contributed by atoms with Crippen LogP contribution in [-0.4, -0.2) is 45.7 Å². The maximum atomic E-state index is 11.5. The molecule has 0 amide bonds. The van der Waals surface area contributed by atoms with E-state index >= 15 is 0 Å². The van der Waals surface area contributed by atoms with Crippen LogP contribution < -0.4 is 0 Å². The van der Waals surface area contributed by atoms with E-state index in [0.29, 0.717) is 5.56 Å². The average molecular weight is 343 g/mol. The minimum atomic E-state index is -0.537. The molecule has 1 saturated heterocycles. The molecule has 2 unspecified atom stereocenters. The Hall–Kier alpha value is -2.18. The molecule has 0 bridgehead atoms. The van der Waals surface area contributed by atoms with Crippen LogP contribution in [0, 0.1) is 5.92 Å². The van der Waals surface area contributed by atoms with Gasteiger partial charge in [0.2, 0.25) is 0 Å². The lowest BCUT2D eigenvalue weighted by atomic mass is 9.91. The predicted octanol–water partition coefficient (Wildman–Crippen LogP) is 2.15. The van der Waals surface area contributed by atoms with Gasteiger partial charge in [0.1, 0.15) is 11.9 Å². The van der Waals surface area contributed by atoms with Gasteiger partial charge in [-0.2, -0.15) is 0 Å². The van der Waals surface area contributed by atoms with Crippen LogP contribution in [0.15, 0.2) is 36.7 Å². The summed E-state index contributed by atoms with van der Waals surface area (Å²) in [7, 11) is 3.30. The largest absolute Gasteiger partial charge is 0.465 e. The number of ether oxygens (including phenoxy) is 1. The van der Waals surface area contributed by atoms with Crippen LogP contribution in [0.1, 0.15) is 40.7 Å². The van der Waals surface area contributed by atoms with Crippen LogP contribution in [0.4, 0.5) is 0 Å². The Morgan fingerprint density at radius 3 is 2.80 bits per heavy atom. The lowest BCUT2D eigenvalue weighted by Crippen LogP contribution is -2.37. The van der Waals surface area contributed by atoms with E-state index in [2.05, 4.69) is 9.88 Å². The molecule has 25 heavy (non-hydrogen) atoms. The average Bonchev–Trinajstić information content (AvgIpc) is 3.07. The maximum Gasteiger partial charge on any atom is 0.337 e. The van der Waals surface area contributed by atoms with Gasteiger partial charge in [-0.05, 0) is 37.1 Å². The van der Waals surface area contributed by atoms with Crippen molar-refractivity contribution in [1.82, 2.24) is 14.5 Å². The van der Waals surface area contributed by atoms with Crippen molar-refractivity contribution in [3.05, 3.63) is 53.6 Å². The number of imidazole rings is 1. The van der Waals surface area contributed by atoms with Crippen molar-refractivity contribution in [2.75, 3.05) is 20.2 Å². The first-order valence-electron chi connectivity index (χ1n) is 8.63. The number of rotatable bonds is 5. The molecule has 1 N–H and O–H groups in total. The molecule has 2 heterocycles. The Balaban J connectivity index is 1.62. The van der Waals surface area contributed by atoms with Crippen molar-refractivity contribution in [2.24, 2.45) is 13.0 Å². The van der Waals surface area contributed by atoms with Crippen LogP contribution >= 0.6 is 0 Å². The van der Waals surface area contributed by atoms with E-state index in [9.17, 15) is 9.90 Å². The quantitative estimate of drug-likeness (QED) is 0.843. The van der Waals surface area contributed by atoms with E-state index in [4.69, 9.17) is 4.74 Å². The zero-order valence-electron chi connectivity index (χ0n) is 14.8. The van der Waals surface area contributed by atoms with Gasteiger partial charge < -0.3 is 14.4 Å². The molecule has 1 aromatic carbocycles. The number of nitrogens with zero attached hydrogens (tertiary/aromatic N) is 3. The van der Waals surface area contributed by atoms with Gasteiger partial charge in [0.05, 0.1) is 12.7 Å². The van der Waals surface area contributed by atoms with Crippen LogP contribution in [0.3, 0.4) is 0 Å². The summed E-state index contributed by atoms with van der Waals surface area (Å²) < 4.78 is 6.61. The summed E-state index contributed by atoms with van der Waals surface area (Å²) in [6.45, 7) is 2.67. The lowest BCUT2D eigenvalue weighted by molar-refractivity contribution is 0.0404. The molecule has 1 aliphatic heterocycles. The third kappa shape index (κ3) is 4.08. The highest BCUT2D eigenvalue weighted by atomic mass is 16.5. The number of esters is 1. The highest BCUT2D eigenvalue weighted by molar-refractivity contribution is 5.89. The highest BCUT2D eigenvalue weighted by Gasteiger charge is 2.29. The summed E-state index contributed by atoms with van der Waals surface area (Å²) in [5, 5.41) is 10.7. The standard InChI is InChI=1S/C19H25N3O3/c1-21-11-9-20-18(21)17(23)16-4-3-10-22(13-16)12-14-5-7-15(8-6-14)19(24)25-2/h5-9,11,16-17,23H,3-4,10,12-13H2,1-2H3. The van der Waals surface area contributed by atoms with Crippen molar-refractivity contribution in [3.8, 4) is 0 Å². The zero-order chi connectivity index (χ0) is 17.8. The molecule has 1 fully saturated rings. The number of likely N-dealkylation sites (tertiary alicyclic amines) is 1. The van der Waals surface area contributed by atoms with Gasteiger partial charge in [-0.1, -0.05) is 12.1 Å². The number of carbonyl (C=O) groups is 1. The van der Waals surface area contributed by atoms with Gasteiger partial charge in [-0.15, -0.1) is 0 Å². The number of aliphatic hydroxyl groups excluding tert-OH is 1. The number of aryl methyl sites for hydroxylation is 1. The van der Waals surface area contributed by atoms with Crippen LogP contribution in [0.2, 0.25) is 0 Å². The molecule has 0 radical (unpaired) electrons. The highest BCUT2D eigenvalue weighted by Crippen LogP contribution is 2.29. The Morgan fingerprint density at radius 2 is 2.16 bits per heavy atom. The molecular weight excluding hydrogens is 318 g/mol. The number of benzene rings is 1. The van der Waals surface area contributed by atoms with E-state index in [1.54, 1.807) is 18.3 Å². The second kappa shape index (κ2) is 7.80. The normalized spacial score (nSPS) is 19.6. The molecule has 6 nitrogen and oxygen atoms in total. The second-order valence-corrected chi connectivity index (χ2v) is 6.67. The van der Waals surface area contributed by atoms with Crippen molar-refractivity contribution in [2.45, 2.75) is 25.5 Å². The molecule has 0 saturated carbocycles. The molecule has 6 heteroatoms. The summed E-state index contributed by atoms with van der Waals surface area (Å²) in [6.07, 6.45) is 5.12. The Labute approximate surface area is 148 Å². The van der Waals surface area contributed by atoms with Gasteiger partial charge in [0.15, 0.2) is 0 Å². The van der Waals surface area contributed by atoms with Gasteiger partial charge >= 0.3 is 5.97 Å². The van der Waals surface area contributed by atoms with Crippen molar-refractivity contribution < 1.29 is 14.6 Å². The number of aromatic nitrogens is 2. The number of aliphatic hydroxyl groups is 1. The predicted molar refractivity (Wildman–Crippen MR) is 94.0 cm³/mol. The third-order valence-electron chi connectivity index (χ3n) is 4.89. The minimum Gasteiger partial charge on any atom is -0.465 e. The number of carbonyl (C=O) groups excluding carboxylic acids is 1. The van der Waals surface area contributed by atoms with Gasteiger partial charge in [-0.25, -0.2) is 9.78 Å². The Bertz CT molecular complexity index is 711. The molecule has 1 aliphatic rings. The van der Waals surface area contributed by atoms with Gasteiger partial charge in [0.25, 0.3) is 0 Å². The van der Waals surface area contributed by atoms with Crippen LogP contribution in [-0.2, 0) is 18.3 Å². The summed E-state index contributed by atoms with van der Waals surface area (Å²) in [5.74, 6) is 0.598. The fourth-order valence-corrected chi connectivity index (χ4v) is 3.49. The van der Waals surface area contributed by atoms with Crippen LogP contribution in [0.25, 0.3) is 0 Å². The summed E-state index contributed by atoms with van der Waals surface area (Å²) in [5.41, 5.74) is 1.72. The molecule has 3 rings (SSSR count). The van der Waals surface area contributed by atoms with Crippen molar-refractivity contribution >= 4 is 5.97 Å². The van der Waals surface area contributed by atoms with Gasteiger partial charge in [-0.3, -0.25) is 4.90 Å². The molecule has 0 spiro atoms. The third-order valence-corrected chi connectivity index (χ3v) is 4.89. The number of piperidine rings is 1. The first-order valence-corrected chi connectivity index (χ1v) is 8.63. The molecular formula is C19H25N3O3. The number of hydrogen-bond acceptors (Lipinski definition) is 5. The van der Waals surface area contributed by atoms with E-state index in [1.807, 2.05) is 29.9 Å². The molecule has 134 valence electrons. The topological polar surface area (TPSA) is 67.6 Å². The Morgan fingerprint density at radius 1 is 1.40 bits per heavy atom. The number of methoxy groups -OCH3 is 1. The van der Waals surface area contributed by atoms with E-state index in [0.717, 1.165) is 43.9 Å². The van der Waals surface area contributed by atoms with Gasteiger partial charge in [0, 0.05) is 38.4 Å². The monoisotopic (exact) mass is 343 g/mol. The van der Waals surface area contributed by atoms with Crippen LogP contribution in [0.5, 0.6) is 0 Å². The lowest BCUT2D eigenvalue weighted by Gasteiger charge is -2.35. The molecule has 2 atom stereocenters. The maximum absolute atomic E-state index is 11.5. The van der Waals surface area contributed by atoms with Crippen molar-refractivity contribution in [3.63, 3.8) is 0 Å². The molecule has 1 aromatic heterocycles. The SMILES string of the molecule is COC(=O)c1ccc(CN2CCCC(C(O)c3nccn3C)C2)cc1. The van der Waals surface area contributed by atoms with E-state index in [-0.39, 0.29) is 11.9 Å². The smallest absolute Gasteiger partial charge is 0.337 e. The fraction of sp³-hybridized carbons (Fsp3) is 0.474.